The van der Waals surface area contributed by atoms with Crippen LogP contribution in [0.25, 0.3) is 11.1 Å². The number of alkyl carbamates (subject to hydrolysis) is 1. The molecule has 2 rings (SSSR count). The molecule has 0 saturated carbocycles. The molecule has 2 amide bonds. The van der Waals surface area contributed by atoms with Crippen LogP contribution >= 0.6 is 0 Å². The quantitative estimate of drug-likeness (QED) is 0.441. The van der Waals surface area contributed by atoms with Crippen LogP contribution in [0.4, 0.5) is 10.5 Å². The SMILES string of the molecule is C=CC[C@H](NC(=O)OC(C)(C)C)c1cc(-c2ccccc2NC(=O)C(C=C)C(C)C)ccn1. The Labute approximate surface area is 197 Å². The monoisotopic (exact) mass is 449 g/mol. The average molecular weight is 450 g/mol. The molecule has 0 aliphatic heterocycles. The lowest BCUT2D eigenvalue weighted by Gasteiger charge is -2.23. The molecule has 0 spiro atoms. The molecule has 1 aromatic carbocycles. The van der Waals surface area contributed by atoms with E-state index in [4.69, 9.17) is 4.74 Å². The minimum Gasteiger partial charge on any atom is -0.444 e. The van der Waals surface area contributed by atoms with E-state index in [-0.39, 0.29) is 17.7 Å². The number of hydrogen-bond donors (Lipinski definition) is 2. The summed E-state index contributed by atoms with van der Waals surface area (Å²) in [5, 5.41) is 5.91. The number of hydrogen-bond acceptors (Lipinski definition) is 4. The average Bonchev–Trinajstić information content (AvgIpc) is 2.73. The Balaban J connectivity index is 2.34. The van der Waals surface area contributed by atoms with Crippen LogP contribution in [0.1, 0.15) is 52.8 Å². The molecular formula is C27H35N3O3. The number of aromatic nitrogens is 1. The van der Waals surface area contributed by atoms with Crippen molar-refractivity contribution in [1.29, 1.82) is 0 Å². The Bertz CT molecular complexity index is 992. The van der Waals surface area contributed by atoms with Crippen LogP contribution in [0, 0.1) is 11.8 Å². The summed E-state index contributed by atoms with van der Waals surface area (Å²) >= 11 is 0. The van der Waals surface area contributed by atoms with Crippen LogP contribution in [0.5, 0.6) is 0 Å². The van der Waals surface area contributed by atoms with Crippen molar-refractivity contribution < 1.29 is 14.3 Å². The third kappa shape index (κ3) is 7.59. The van der Waals surface area contributed by atoms with Crippen molar-refractivity contribution in [3.63, 3.8) is 0 Å². The fourth-order valence-electron chi connectivity index (χ4n) is 3.42. The van der Waals surface area contributed by atoms with E-state index in [1.54, 1.807) is 18.3 Å². The number of amides is 2. The molecule has 2 atom stereocenters. The van der Waals surface area contributed by atoms with Gasteiger partial charge in [-0.3, -0.25) is 9.78 Å². The van der Waals surface area contributed by atoms with Crippen molar-refractivity contribution in [3.8, 4) is 11.1 Å². The highest BCUT2D eigenvalue weighted by Crippen LogP contribution is 2.30. The van der Waals surface area contributed by atoms with Gasteiger partial charge in [-0.2, -0.15) is 0 Å². The van der Waals surface area contributed by atoms with Gasteiger partial charge in [-0.05, 0) is 56.9 Å². The molecule has 176 valence electrons. The lowest BCUT2D eigenvalue weighted by Crippen LogP contribution is -2.35. The lowest BCUT2D eigenvalue weighted by atomic mass is 9.94. The number of pyridine rings is 1. The van der Waals surface area contributed by atoms with E-state index in [1.165, 1.54) is 0 Å². The molecule has 0 fully saturated rings. The van der Waals surface area contributed by atoms with Gasteiger partial charge in [-0.15, -0.1) is 13.2 Å². The summed E-state index contributed by atoms with van der Waals surface area (Å²) in [5.74, 6) is -0.250. The van der Waals surface area contributed by atoms with Gasteiger partial charge in [-0.25, -0.2) is 4.79 Å². The van der Waals surface area contributed by atoms with Gasteiger partial charge in [0.25, 0.3) is 0 Å². The molecule has 0 aliphatic rings. The first-order valence-electron chi connectivity index (χ1n) is 11.1. The molecule has 1 unspecified atom stereocenters. The Morgan fingerprint density at radius 1 is 1.15 bits per heavy atom. The number of carbonyl (C=O) groups is 2. The molecule has 2 N–H and O–H groups in total. The topological polar surface area (TPSA) is 80.3 Å². The molecule has 6 heteroatoms. The first-order valence-corrected chi connectivity index (χ1v) is 11.1. The maximum absolute atomic E-state index is 12.8. The Morgan fingerprint density at radius 3 is 2.45 bits per heavy atom. The summed E-state index contributed by atoms with van der Waals surface area (Å²) in [6.07, 6.45) is 5.07. The van der Waals surface area contributed by atoms with Gasteiger partial charge in [0.05, 0.1) is 17.7 Å². The van der Waals surface area contributed by atoms with Gasteiger partial charge in [0.1, 0.15) is 5.60 Å². The summed E-state index contributed by atoms with van der Waals surface area (Å²) < 4.78 is 5.40. The van der Waals surface area contributed by atoms with Crippen LogP contribution in [-0.4, -0.2) is 22.6 Å². The molecule has 1 aromatic heterocycles. The second kappa shape index (κ2) is 11.5. The Morgan fingerprint density at radius 2 is 1.85 bits per heavy atom. The predicted octanol–water partition coefficient (Wildman–Crippen LogP) is 6.29. The van der Waals surface area contributed by atoms with E-state index in [0.29, 0.717) is 17.8 Å². The summed E-state index contributed by atoms with van der Waals surface area (Å²) in [4.78, 5) is 29.6. The standard InChI is InChI=1S/C27H35N3O3/c1-8-12-23(30-26(32)33-27(5,6)7)24-17-19(15-16-28-24)21-13-10-11-14-22(21)29-25(31)20(9-2)18(3)4/h8-11,13-18,20,23H,1-2,12H2,3-7H3,(H,29,31)(H,30,32)/t20?,23-/m0/s1. The van der Waals surface area contributed by atoms with Gasteiger partial charge < -0.3 is 15.4 Å². The number of anilines is 1. The smallest absolute Gasteiger partial charge is 0.408 e. The minimum atomic E-state index is -0.603. The fourth-order valence-corrected chi connectivity index (χ4v) is 3.42. The number of para-hydroxylation sites is 1. The van der Waals surface area contributed by atoms with Crippen molar-refractivity contribution in [2.45, 2.75) is 52.7 Å². The number of nitrogens with zero attached hydrogens (tertiary/aromatic N) is 1. The predicted molar refractivity (Wildman–Crippen MR) is 134 cm³/mol. The number of rotatable bonds is 9. The maximum atomic E-state index is 12.8. The molecule has 2 aromatic rings. The van der Waals surface area contributed by atoms with Crippen LogP contribution in [0.15, 0.2) is 67.9 Å². The highest BCUT2D eigenvalue weighted by molar-refractivity contribution is 5.97. The largest absolute Gasteiger partial charge is 0.444 e. The zero-order valence-electron chi connectivity index (χ0n) is 20.2. The zero-order valence-corrected chi connectivity index (χ0v) is 20.2. The number of ether oxygens (including phenoxy) is 1. The van der Waals surface area contributed by atoms with E-state index < -0.39 is 17.7 Å². The van der Waals surface area contributed by atoms with Crippen molar-refractivity contribution >= 4 is 17.7 Å². The summed E-state index contributed by atoms with van der Waals surface area (Å²) in [6, 6.07) is 11.0. The molecule has 0 aliphatic carbocycles. The van der Waals surface area contributed by atoms with E-state index in [2.05, 4.69) is 28.8 Å². The minimum absolute atomic E-state index is 0.0992. The zero-order chi connectivity index (χ0) is 24.6. The lowest BCUT2D eigenvalue weighted by molar-refractivity contribution is -0.119. The Kier molecular flexibility index (Phi) is 8.97. The van der Waals surface area contributed by atoms with Crippen LogP contribution in [0.2, 0.25) is 0 Å². The highest BCUT2D eigenvalue weighted by Gasteiger charge is 2.22. The number of benzene rings is 1. The molecule has 1 heterocycles. The van der Waals surface area contributed by atoms with Crippen molar-refractivity contribution in [2.75, 3.05) is 5.32 Å². The second-order valence-corrected chi connectivity index (χ2v) is 9.23. The first-order chi connectivity index (χ1) is 15.6. The number of nitrogens with one attached hydrogen (secondary N) is 2. The molecular weight excluding hydrogens is 414 g/mol. The summed E-state index contributed by atoms with van der Waals surface area (Å²) in [7, 11) is 0. The van der Waals surface area contributed by atoms with Crippen molar-refractivity contribution in [3.05, 3.63) is 73.6 Å². The third-order valence-electron chi connectivity index (χ3n) is 5.00. The van der Waals surface area contributed by atoms with Crippen LogP contribution in [0.3, 0.4) is 0 Å². The van der Waals surface area contributed by atoms with E-state index in [9.17, 15) is 9.59 Å². The van der Waals surface area contributed by atoms with E-state index in [1.807, 2.05) is 71.0 Å². The normalized spacial score (nSPS) is 13.0. The van der Waals surface area contributed by atoms with Crippen molar-refractivity contribution in [2.24, 2.45) is 11.8 Å². The van der Waals surface area contributed by atoms with Gasteiger partial charge in [0.2, 0.25) is 5.91 Å². The molecule has 0 bridgehead atoms. The Hall–Kier alpha value is -3.41. The van der Waals surface area contributed by atoms with Gasteiger partial charge in [0.15, 0.2) is 0 Å². The van der Waals surface area contributed by atoms with Crippen LogP contribution in [-0.2, 0) is 9.53 Å². The number of carbonyl (C=O) groups excluding carboxylic acids is 2. The van der Waals surface area contributed by atoms with Crippen molar-refractivity contribution in [1.82, 2.24) is 10.3 Å². The second-order valence-electron chi connectivity index (χ2n) is 9.23. The molecule has 0 saturated heterocycles. The van der Waals surface area contributed by atoms with E-state index in [0.717, 1.165) is 11.1 Å². The highest BCUT2D eigenvalue weighted by atomic mass is 16.6. The third-order valence-corrected chi connectivity index (χ3v) is 5.00. The van der Waals surface area contributed by atoms with Crippen LogP contribution < -0.4 is 10.6 Å². The molecule has 6 nitrogen and oxygen atoms in total. The summed E-state index contributed by atoms with van der Waals surface area (Å²) in [6.45, 7) is 17.0. The van der Waals surface area contributed by atoms with E-state index >= 15 is 0 Å². The van der Waals surface area contributed by atoms with Gasteiger partial charge in [0, 0.05) is 17.4 Å². The summed E-state index contributed by atoms with van der Waals surface area (Å²) in [5.41, 5.74) is 2.50. The fraction of sp³-hybridized carbons (Fsp3) is 0.370. The maximum Gasteiger partial charge on any atom is 0.408 e. The first kappa shape index (κ1) is 25.8. The molecule has 0 radical (unpaired) electrons. The van der Waals surface area contributed by atoms with Gasteiger partial charge in [-0.1, -0.05) is 44.2 Å². The van der Waals surface area contributed by atoms with Gasteiger partial charge >= 0.3 is 6.09 Å². The molecule has 33 heavy (non-hydrogen) atoms.